The molecule has 0 radical (unpaired) electrons. The molecule has 1 fully saturated rings. The van der Waals surface area contributed by atoms with Crippen LogP contribution in [-0.4, -0.2) is 38.8 Å². The number of anilines is 1. The zero-order valence-electron chi connectivity index (χ0n) is 13.2. The average molecular weight is 346 g/mol. The molecule has 2 heterocycles. The molecular formula is C16H18N4O3S. The minimum atomic E-state index is -0.750. The molecule has 1 aromatic carbocycles. The van der Waals surface area contributed by atoms with E-state index in [-0.39, 0.29) is 17.4 Å². The number of carbonyl (C=O) groups excluding carboxylic acids is 1. The van der Waals surface area contributed by atoms with E-state index in [1.807, 2.05) is 36.2 Å². The number of thioether (sulfide) groups is 1. The summed E-state index contributed by atoms with van der Waals surface area (Å²) in [6, 6.07) is 7.87. The van der Waals surface area contributed by atoms with Gasteiger partial charge in [0.1, 0.15) is 11.4 Å². The maximum absolute atomic E-state index is 12.9. The number of aromatic nitrogens is 2. The summed E-state index contributed by atoms with van der Waals surface area (Å²) in [5.41, 5.74) is 5.96. The first-order valence-corrected chi connectivity index (χ1v) is 8.70. The highest BCUT2D eigenvalue weighted by Crippen LogP contribution is 2.31. The van der Waals surface area contributed by atoms with Crippen molar-refractivity contribution in [3.8, 4) is 0 Å². The lowest BCUT2D eigenvalue weighted by atomic mass is 10.0. The minimum absolute atomic E-state index is 0.126. The first-order chi connectivity index (χ1) is 11.5. The summed E-state index contributed by atoms with van der Waals surface area (Å²) < 4.78 is 0. The third-order valence-electron chi connectivity index (χ3n) is 4.04. The molecular weight excluding hydrogens is 328 g/mol. The Labute approximate surface area is 142 Å². The Morgan fingerprint density at radius 1 is 1.25 bits per heavy atom. The fraction of sp³-hybridized carbons (Fsp3) is 0.312. The molecule has 2 aromatic rings. The summed E-state index contributed by atoms with van der Waals surface area (Å²) in [4.78, 5) is 42.1. The number of carbonyl (C=O) groups is 1. The molecule has 1 amide bonds. The second-order valence-corrected chi connectivity index (χ2v) is 6.85. The van der Waals surface area contributed by atoms with Gasteiger partial charge in [-0.15, -0.1) is 0 Å². The SMILES string of the molecule is Cc1ccc(C2CSCCN2C(=O)c2[nH]c(=O)[nH]c(=O)c2N)cc1. The average Bonchev–Trinajstić information content (AvgIpc) is 2.58. The quantitative estimate of drug-likeness (QED) is 0.747. The van der Waals surface area contributed by atoms with Gasteiger partial charge in [0.25, 0.3) is 11.5 Å². The monoisotopic (exact) mass is 346 g/mol. The van der Waals surface area contributed by atoms with Crippen molar-refractivity contribution in [3.05, 3.63) is 61.9 Å². The molecule has 7 nitrogen and oxygen atoms in total. The summed E-state index contributed by atoms with van der Waals surface area (Å²) >= 11 is 1.76. The third kappa shape index (κ3) is 3.09. The number of nitrogens with zero attached hydrogens (tertiary/aromatic N) is 1. The van der Waals surface area contributed by atoms with Gasteiger partial charge in [0.2, 0.25) is 0 Å². The molecule has 0 spiro atoms. The van der Waals surface area contributed by atoms with Crippen molar-refractivity contribution in [1.29, 1.82) is 0 Å². The standard InChI is InChI=1S/C16H18N4O3S/c1-9-2-4-10(5-3-9)11-8-24-7-6-20(11)15(22)13-12(17)14(21)19-16(23)18-13/h2-5,11H,6-8,17H2,1H3,(H2,18,19,21,23). The van der Waals surface area contributed by atoms with Crippen molar-refractivity contribution in [2.24, 2.45) is 0 Å². The van der Waals surface area contributed by atoms with Gasteiger partial charge in [0.15, 0.2) is 0 Å². The van der Waals surface area contributed by atoms with E-state index in [2.05, 4.69) is 4.98 Å². The van der Waals surface area contributed by atoms with Gasteiger partial charge in [0.05, 0.1) is 6.04 Å². The van der Waals surface area contributed by atoms with E-state index in [9.17, 15) is 14.4 Å². The summed E-state index contributed by atoms with van der Waals surface area (Å²) in [6.45, 7) is 2.53. The molecule has 24 heavy (non-hydrogen) atoms. The number of benzene rings is 1. The van der Waals surface area contributed by atoms with E-state index in [1.165, 1.54) is 0 Å². The Balaban J connectivity index is 1.99. The summed E-state index contributed by atoms with van der Waals surface area (Å²) in [5, 5.41) is 0. The molecule has 3 rings (SSSR count). The molecule has 8 heteroatoms. The summed E-state index contributed by atoms with van der Waals surface area (Å²) in [5.74, 6) is 1.12. The number of nitrogens with one attached hydrogen (secondary N) is 2. The Morgan fingerprint density at radius 3 is 2.67 bits per heavy atom. The normalized spacial score (nSPS) is 17.7. The molecule has 1 aliphatic heterocycles. The molecule has 1 aliphatic rings. The van der Waals surface area contributed by atoms with Crippen LogP contribution in [0.4, 0.5) is 5.69 Å². The lowest BCUT2D eigenvalue weighted by Gasteiger charge is -2.35. The molecule has 1 unspecified atom stereocenters. The van der Waals surface area contributed by atoms with Crippen molar-refractivity contribution in [2.45, 2.75) is 13.0 Å². The van der Waals surface area contributed by atoms with Gasteiger partial charge in [-0.05, 0) is 12.5 Å². The first kappa shape index (κ1) is 16.4. The predicted octanol–water partition coefficient (Wildman–Crippen LogP) is 0.884. The Morgan fingerprint density at radius 2 is 1.96 bits per heavy atom. The smallest absolute Gasteiger partial charge is 0.326 e. The van der Waals surface area contributed by atoms with Crippen molar-refractivity contribution in [3.63, 3.8) is 0 Å². The van der Waals surface area contributed by atoms with Crippen LogP contribution in [0.25, 0.3) is 0 Å². The Kier molecular flexibility index (Phi) is 4.48. The van der Waals surface area contributed by atoms with Gasteiger partial charge in [-0.3, -0.25) is 14.6 Å². The number of hydrogen-bond acceptors (Lipinski definition) is 5. The topological polar surface area (TPSA) is 112 Å². The Bertz CT molecular complexity index is 872. The minimum Gasteiger partial charge on any atom is -0.392 e. The zero-order valence-corrected chi connectivity index (χ0v) is 14.0. The van der Waals surface area contributed by atoms with E-state index >= 15 is 0 Å². The van der Waals surface area contributed by atoms with Gasteiger partial charge >= 0.3 is 5.69 Å². The van der Waals surface area contributed by atoms with E-state index < -0.39 is 17.2 Å². The highest BCUT2D eigenvalue weighted by Gasteiger charge is 2.31. The molecule has 1 saturated heterocycles. The van der Waals surface area contributed by atoms with Gasteiger partial charge in [-0.25, -0.2) is 4.79 Å². The number of nitrogens with two attached hydrogens (primary N) is 1. The second kappa shape index (κ2) is 6.56. The Hall–Kier alpha value is -2.48. The fourth-order valence-electron chi connectivity index (χ4n) is 2.72. The van der Waals surface area contributed by atoms with E-state index in [0.29, 0.717) is 6.54 Å². The number of H-pyrrole nitrogens is 2. The maximum atomic E-state index is 12.9. The number of amides is 1. The lowest BCUT2D eigenvalue weighted by molar-refractivity contribution is 0.0696. The van der Waals surface area contributed by atoms with Crippen LogP contribution in [0.1, 0.15) is 27.7 Å². The van der Waals surface area contributed by atoms with Gasteiger partial charge in [-0.1, -0.05) is 29.8 Å². The zero-order chi connectivity index (χ0) is 17.3. The number of rotatable bonds is 2. The van der Waals surface area contributed by atoms with Crippen LogP contribution in [0.15, 0.2) is 33.9 Å². The van der Waals surface area contributed by atoms with Crippen molar-refractivity contribution >= 4 is 23.4 Å². The van der Waals surface area contributed by atoms with Gasteiger partial charge in [0, 0.05) is 18.1 Å². The molecule has 0 bridgehead atoms. The number of nitrogen functional groups attached to an aromatic ring is 1. The van der Waals surface area contributed by atoms with Crippen molar-refractivity contribution in [2.75, 3.05) is 23.8 Å². The van der Waals surface area contributed by atoms with Gasteiger partial charge < -0.3 is 15.6 Å². The second-order valence-electron chi connectivity index (χ2n) is 5.70. The number of hydrogen-bond donors (Lipinski definition) is 3. The van der Waals surface area contributed by atoms with E-state index in [1.54, 1.807) is 16.7 Å². The van der Waals surface area contributed by atoms with Crippen LogP contribution < -0.4 is 17.0 Å². The van der Waals surface area contributed by atoms with E-state index in [0.717, 1.165) is 22.6 Å². The van der Waals surface area contributed by atoms with Crippen LogP contribution in [0.3, 0.4) is 0 Å². The summed E-state index contributed by atoms with van der Waals surface area (Å²) in [6.07, 6.45) is 0. The van der Waals surface area contributed by atoms with E-state index in [4.69, 9.17) is 5.73 Å². The fourth-order valence-corrected chi connectivity index (χ4v) is 3.81. The van der Waals surface area contributed by atoms with Crippen LogP contribution in [0.2, 0.25) is 0 Å². The maximum Gasteiger partial charge on any atom is 0.326 e. The third-order valence-corrected chi connectivity index (χ3v) is 5.07. The van der Waals surface area contributed by atoms with Crippen LogP contribution in [0.5, 0.6) is 0 Å². The molecule has 4 N–H and O–H groups in total. The molecule has 1 aromatic heterocycles. The largest absolute Gasteiger partial charge is 0.392 e. The summed E-state index contributed by atoms with van der Waals surface area (Å²) in [7, 11) is 0. The molecule has 0 aliphatic carbocycles. The van der Waals surface area contributed by atoms with Crippen molar-refractivity contribution < 1.29 is 4.79 Å². The van der Waals surface area contributed by atoms with Crippen LogP contribution in [-0.2, 0) is 0 Å². The van der Waals surface area contributed by atoms with Crippen LogP contribution >= 0.6 is 11.8 Å². The van der Waals surface area contributed by atoms with Crippen molar-refractivity contribution in [1.82, 2.24) is 14.9 Å². The molecule has 0 saturated carbocycles. The highest BCUT2D eigenvalue weighted by atomic mass is 32.2. The number of aromatic amines is 2. The molecule has 126 valence electrons. The van der Waals surface area contributed by atoms with Crippen LogP contribution in [0, 0.1) is 6.92 Å². The lowest BCUT2D eigenvalue weighted by Crippen LogP contribution is -2.43. The molecule has 1 atom stereocenters. The predicted molar refractivity (Wildman–Crippen MR) is 94.4 cm³/mol. The highest BCUT2D eigenvalue weighted by molar-refractivity contribution is 7.99. The first-order valence-electron chi connectivity index (χ1n) is 7.54. The van der Waals surface area contributed by atoms with Gasteiger partial charge in [-0.2, -0.15) is 11.8 Å². The number of aryl methyl sites for hydroxylation is 1.